The van der Waals surface area contributed by atoms with Gasteiger partial charge in [-0.2, -0.15) is 4.98 Å². The van der Waals surface area contributed by atoms with Crippen LogP contribution in [0.4, 0.5) is 5.95 Å². The lowest BCUT2D eigenvalue weighted by Crippen LogP contribution is -2.38. The lowest BCUT2D eigenvalue weighted by Gasteiger charge is -2.28. The Hall–Kier alpha value is -3.26. The van der Waals surface area contributed by atoms with E-state index in [-0.39, 0.29) is 29.4 Å². The van der Waals surface area contributed by atoms with Crippen LogP contribution in [0.15, 0.2) is 35.3 Å². The highest BCUT2D eigenvalue weighted by Gasteiger charge is 2.31. The van der Waals surface area contributed by atoms with Crippen molar-refractivity contribution in [1.82, 2.24) is 15.0 Å². The summed E-state index contributed by atoms with van der Waals surface area (Å²) in [5, 5.41) is 10.6. The zero-order chi connectivity index (χ0) is 20.0. The molecule has 0 radical (unpaired) electrons. The molecule has 1 aromatic carbocycles. The van der Waals surface area contributed by atoms with Gasteiger partial charge in [-0.05, 0) is 29.5 Å². The van der Waals surface area contributed by atoms with Gasteiger partial charge in [-0.3, -0.25) is 14.6 Å². The molecule has 1 aliphatic heterocycles. The lowest BCUT2D eigenvalue weighted by atomic mass is 9.79. The molecule has 0 bridgehead atoms. The molecule has 3 aromatic rings. The number of ketones is 1. The quantitative estimate of drug-likeness (QED) is 0.684. The Morgan fingerprint density at radius 3 is 2.72 bits per heavy atom. The number of fused-ring (bicyclic) bond motifs is 3. The van der Waals surface area contributed by atoms with Gasteiger partial charge in [0.1, 0.15) is 5.75 Å². The highest BCUT2D eigenvalue weighted by atomic mass is 16.5. The van der Waals surface area contributed by atoms with E-state index in [0.717, 1.165) is 0 Å². The van der Waals surface area contributed by atoms with Crippen molar-refractivity contribution in [3.63, 3.8) is 0 Å². The van der Waals surface area contributed by atoms with Crippen LogP contribution in [0.25, 0.3) is 11.0 Å². The molecule has 0 spiro atoms. The van der Waals surface area contributed by atoms with Crippen LogP contribution in [-0.4, -0.2) is 52.1 Å². The van der Waals surface area contributed by atoms with Gasteiger partial charge in [0.15, 0.2) is 11.4 Å². The predicted octanol–water partition coefficient (Wildman–Crippen LogP) is 1.77. The third-order valence-corrected chi connectivity index (χ3v) is 5.70. The third kappa shape index (κ3) is 3.05. The van der Waals surface area contributed by atoms with Crippen molar-refractivity contribution in [2.75, 3.05) is 31.2 Å². The maximum atomic E-state index is 13.0. The fourth-order valence-electron chi connectivity index (χ4n) is 4.24. The van der Waals surface area contributed by atoms with Gasteiger partial charge in [0.05, 0.1) is 18.6 Å². The smallest absolute Gasteiger partial charge is 0.262 e. The van der Waals surface area contributed by atoms with Crippen molar-refractivity contribution in [2.24, 2.45) is 0 Å². The van der Waals surface area contributed by atoms with Gasteiger partial charge >= 0.3 is 0 Å². The second-order valence-corrected chi connectivity index (χ2v) is 7.43. The Balaban J connectivity index is 1.61. The first-order valence-electron chi connectivity index (χ1n) is 9.67. The van der Waals surface area contributed by atoms with E-state index >= 15 is 0 Å². The molecule has 29 heavy (non-hydrogen) atoms. The number of aromatic hydroxyl groups is 1. The molecule has 148 valence electrons. The zero-order valence-electron chi connectivity index (χ0n) is 15.7. The van der Waals surface area contributed by atoms with Crippen LogP contribution in [0.5, 0.6) is 5.75 Å². The number of hydrogen-bond acceptors (Lipinski definition) is 7. The number of aromatic amines is 1. The Kier molecular flexibility index (Phi) is 4.28. The Morgan fingerprint density at radius 2 is 1.93 bits per heavy atom. The largest absolute Gasteiger partial charge is 0.508 e. The first kappa shape index (κ1) is 17.8. The number of H-pyrrole nitrogens is 1. The number of phenolic OH excluding ortho intramolecular Hbond substituents is 1. The molecule has 1 fully saturated rings. The maximum Gasteiger partial charge on any atom is 0.262 e. The van der Waals surface area contributed by atoms with Crippen LogP contribution < -0.4 is 10.5 Å². The number of ether oxygens (including phenoxy) is 1. The number of hydrogen-bond donors (Lipinski definition) is 2. The van der Waals surface area contributed by atoms with Crippen LogP contribution in [0.1, 0.15) is 33.8 Å². The summed E-state index contributed by atoms with van der Waals surface area (Å²) in [6.45, 7) is 2.45. The molecule has 2 aliphatic rings. The number of nitrogens with one attached hydrogen (secondary N) is 1. The van der Waals surface area contributed by atoms with Crippen LogP contribution in [0, 0.1) is 0 Å². The Labute approximate surface area is 166 Å². The summed E-state index contributed by atoms with van der Waals surface area (Å²) in [6, 6.07) is 7.02. The third-order valence-electron chi connectivity index (χ3n) is 5.70. The molecular weight excluding hydrogens is 372 g/mol. The van der Waals surface area contributed by atoms with E-state index in [1.165, 1.54) is 6.20 Å². The SMILES string of the molecule is O=C1CC(c2ccccc2O)Cc2c1cnc1nc(N3CCOCC3)[nH]c(=O)c21. The number of aromatic nitrogens is 3. The molecule has 2 aromatic heterocycles. The first-order chi connectivity index (χ1) is 14.1. The van der Waals surface area contributed by atoms with Crippen LogP contribution in [0.3, 0.4) is 0 Å². The second-order valence-electron chi connectivity index (χ2n) is 7.43. The van der Waals surface area contributed by atoms with Crippen molar-refractivity contribution in [3.8, 4) is 5.75 Å². The number of anilines is 1. The van der Waals surface area contributed by atoms with Crippen LogP contribution in [-0.2, 0) is 11.2 Å². The number of phenols is 1. The molecule has 5 rings (SSSR count). The summed E-state index contributed by atoms with van der Waals surface area (Å²) in [7, 11) is 0. The number of Topliss-reactive ketones (excluding diaryl/α,β-unsaturated/α-hetero) is 1. The van der Waals surface area contributed by atoms with Crippen molar-refractivity contribution in [1.29, 1.82) is 0 Å². The molecule has 8 nitrogen and oxygen atoms in total. The van der Waals surface area contributed by atoms with E-state index in [4.69, 9.17) is 4.74 Å². The van der Waals surface area contributed by atoms with E-state index in [1.807, 2.05) is 17.0 Å². The van der Waals surface area contributed by atoms with Gasteiger partial charge in [-0.25, -0.2) is 4.98 Å². The normalized spacial score (nSPS) is 19.4. The minimum absolute atomic E-state index is 0.0782. The number of carbonyl (C=O) groups excluding carboxylic acids is 1. The predicted molar refractivity (Wildman–Crippen MR) is 107 cm³/mol. The van der Waals surface area contributed by atoms with E-state index < -0.39 is 0 Å². The molecule has 0 saturated carbocycles. The van der Waals surface area contributed by atoms with E-state index in [9.17, 15) is 14.7 Å². The molecule has 1 unspecified atom stereocenters. The number of nitrogens with zero attached hydrogens (tertiary/aromatic N) is 3. The minimum Gasteiger partial charge on any atom is -0.508 e. The standard InChI is InChI=1S/C21H20N4O4/c26-16-4-2-1-3-13(16)12-9-14-15(17(27)10-12)11-22-19-18(14)20(28)24-21(23-19)25-5-7-29-8-6-25/h1-4,11-12,26H,5-10H2,(H,22,23,24,28). The monoisotopic (exact) mass is 392 g/mol. The Morgan fingerprint density at radius 1 is 1.14 bits per heavy atom. The number of morpholine rings is 1. The molecule has 0 amide bonds. The molecule has 1 aliphatic carbocycles. The maximum absolute atomic E-state index is 13.0. The number of benzene rings is 1. The summed E-state index contributed by atoms with van der Waals surface area (Å²) in [5.41, 5.74) is 1.87. The number of carbonyl (C=O) groups is 1. The van der Waals surface area contributed by atoms with Crippen molar-refractivity contribution in [3.05, 3.63) is 57.5 Å². The molecule has 1 saturated heterocycles. The number of rotatable bonds is 2. The van der Waals surface area contributed by atoms with Crippen LogP contribution >= 0.6 is 0 Å². The van der Waals surface area contributed by atoms with Crippen molar-refractivity contribution < 1.29 is 14.6 Å². The van der Waals surface area contributed by atoms with Crippen molar-refractivity contribution in [2.45, 2.75) is 18.8 Å². The summed E-state index contributed by atoms with van der Waals surface area (Å²) in [6.07, 6.45) is 2.27. The summed E-state index contributed by atoms with van der Waals surface area (Å²) in [4.78, 5) is 39.4. The fourth-order valence-corrected chi connectivity index (χ4v) is 4.24. The lowest BCUT2D eigenvalue weighted by molar-refractivity contribution is 0.0964. The number of para-hydroxylation sites is 1. The Bertz CT molecular complexity index is 1170. The minimum atomic E-state index is -0.299. The van der Waals surface area contributed by atoms with Gasteiger partial charge in [0.25, 0.3) is 5.56 Å². The highest BCUT2D eigenvalue weighted by Crippen LogP contribution is 2.37. The molecular formula is C21H20N4O4. The summed E-state index contributed by atoms with van der Waals surface area (Å²) < 4.78 is 5.35. The van der Waals surface area contributed by atoms with E-state index in [2.05, 4.69) is 15.0 Å². The van der Waals surface area contributed by atoms with Gasteiger partial charge in [0, 0.05) is 31.3 Å². The summed E-state index contributed by atoms with van der Waals surface area (Å²) in [5.74, 6) is 0.358. The number of pyridine rings is 1. The highest BCUT2D eigenvalue weighted by molar-refractivity contribution is 6.02. The van der Waals surface area contributed by atoms with Crippen LogP contribution in [0.2, 0.25) is 0 Å². The second kappa shape index (κ2) is 6.97. The first-order valence-corrected chi connectivity index (χ1v) is 9.67. The average Bonchev–Trinajstić information content (AvgIpc) is 2.74. The topological polar surface area (TPSA) is 108 Å². The molecule has 2 N–H and O–H groups in total. The van der Waals surface area contributed by atoms with Gasteiger partial charge in [-0.15, -0.1) is 0 Å². The molecule has 8 heteroatoms. The molecule has 3 heterocycles. The average molecular weight is 392 g/mol. The summed E-state index contributed by atoms with van der Waals surface area (Å²) >= 11 is 0. The fraction of sp³-hybridized carbons (Fsp3) is 0.333. The zero-order valence-corrected chi connectivity index (χ0v) is 15.7. The van der Waals surface area contributed by atoms with Gasteiger partial charge < -0.3 is 14.7 Å². The van der Waals surface area contributed by atoms with Gasteiger partial charge in [0.2, 0.25) is 5.95 Å². The molecule has 1 atom stereocenters. The van der Waals surface area contributed by atoms with Gasteiger partial charge in [-0.1, -0.05) is 18.2 Å². The van der Waals surface area contributed by atoms with E-state index in [1.54, 1.807) is 12.1 Å². The van der Waals surface area contributed by atoms with E-state index in [0.29, 0.717) is 66.4 Å². The van der Waals surface area contributed by atoms with Crippen molar-refractivity contribution >= 4 is 22.8 Å².